The lowest BCUT2D eigenvalue weighted by molar-refractivity contribution is 0.0886. The molecule has 260 valence electrons. The van der Waals surface area contributed by atoms with E-state index in [0.717, 1.165) is 54.7 Å². The van der Waals surface area contributed by atoms with E-state index >= 15 is 0 Å². The Labute approximate surface area is 291 Å². The highest BCUT2D eigenvalue weighted by Gasteiger charge is 2.40. The van der Waals surface area contributed by atoms with E-state index in [-0.39, 0.29) is 17.2 Å². The number of H-pyrrole nitrogens is 1. The maximum Gasteiger partial charge on any atom is 0.248 e. The maximum absolute atomic E-state index is 11.9. The van der Waals surface area contributed by atoms with E-state index in [1.54, 1.807) is 18.3 Å². The summed E-state index contributed by atoms with van der Waals surface area (Å²) in [6, 6.07) is 23.7. The zero-order valence-electron chi connectivity index (χ0n) is 28.2. The van der Waals surface area contributed by atoms with Gasteiger partial charge in [-0.2, -0.15) is 0 Å². The molecule has 1 aliphatic rings. The van der Waals surface area contributed by atoms with Gasteiger partial charge in [-0.05, 0) is 85.8 Å². The quantitative estimate of drug-likeness (QED) is 0.0856. The number of nitrogens with one attached hydrogen (secondary N) is 2. The first-order valence-electron chi connectivity index (χ1n) is 17.1. The van der Waals surface area contributed by atoms with Crippen LogP contribution in [0.1, 0.15) is 53.7 Å². The molecule has 0 saturated heterocycles. The van der Waals surface area contributed by atoms with Gasteiger partial charge in [0.25, 0.3) is 0 Å². The van der Waals surface area contributed by atoms with Crippen LogP contribution in [0.4, 0.5) is 0 Å². The number of ether oxygens (including phenoxy) is 1. The SMILES string of the molecule is CN(CCCOc1ccc(CCNCC(O)c2ccc(O)c3[nH]c(=O)ccc23)cc1)Cc1cnc(C(O)(C2=CCCC=C2)c2ccccc2)o1. The minimum Gasteiger partial charge on any atom is -0.506 e. The highest BCUT2D eigenvalue weighted by Crippen LogP contribution is 2.38. The van der Waals surface area contributed by atoms with Crippen LogP contribution >= 0.6 is 0 Å². The Kier molecular flexibility index (Phi) is 11.2. The number of fused-ring (bicyclic) bond motifs is 1. The van der Waals surface area contributed by atoms with Crippen LogP contribution in [-0.2, 0) is 18.6 Å². The summed E-state index contributed by atoms with van der Waals surface area (Å²) in [7, 11) is 2.02. The van der Waals surface area contributed by atoms with Crippen LogP contribution in [0.5, 0.6) is 11.5 Å². The number of phenols is 1. The first-order chi connectivity index (χ1) is 24.3. The second-order valence-corrected chi connectivity index (χ2v) is 12.7. The van der Waals surface area contributed by atoms with Crippen LogP contribution in [0.3, 0.4) is 0 Å². The lowest BCUT2D eigenvalue weighted by Gasteiger charge is -2.28. The molecular weight excluding hydrogens is 632 g/mol. The van der Waals surface area contributed by atoms with E-state index in [4.69, 9.17) is 9.15 Å². The fourth-order valence-corrected chi connectivity index (χ4v) is 6.28. The zero-order valence-corrected chi connectivity index (χ0v) is 28.2. The molecule has 10 heteroatoms. The molecule has 3 aromatic carbocycles. The summed E-state index contributed by atoms with van der Waals surface area (Å²) >= 11 is 0. The van der Waals surface area contributed by atoms with Gasteiger partial charge in [0, 0.05) is 24.5 Å². The van der Waals surface area contributed by atoms with Crippen molar-refractivity contribution in [3.63, 3.8) is 0 Å². The largest absolute Gasteiger partial charge is 0.506 e. The number of pyridine rings is 1. The molecule has 0 aliphatic heterocycles. The molecule has 1 aliphatic carbocycles. The van der Waals surface area contributed by atoms with Crippen molar-refractivity contribution in [3.8, 4) is 11.5 Å². The summed E-state index contributed by atoms with van der Waals surface area (Å²) in [5.41, 5.74) is 1.84. The van der Waals surface area contributed by atoms with Crippen molar-refractivity contribution in [2.24, 2.45) is 0 Å². The molecule has 0 fully saturated rings. The number of aliphatic hydroxyl groups is 2. The van der Waals surface area contributed by atoms with Crippen LogP contribution < -0.4 is 15.6 Å². The Morgan fingerprint density at radius 2 is 1.88 bits per heavy atom. The van der Waals surface area contributed by atoms with Gasteiger partial charge in [0.15, 0.2) is 5.60 Å². The summed E-state index contributed by atoms with van der Waals surface area (Å²) in [5.74, 6) is 1.73. The van der Waals surface area contributed by atoms with Crippen molar-refractivity contribution in [2.45, 2.75) is 43.9 Å². The molecule has 0 spiro atoms. The van der Waals surface area contributed by atoms with Crippen LogP contribution in [-0.4, -0.2) is 63.5 Å². The normalized spacial score (nSPS) is 14.8. The van der Waals surface area contributed by atoms with Gasteiger partial charge in [0.2, 0.25) is 11.4 Å². The van der Waals surface area contributed by atoms with E-state index in [0.29, 0.717) is 48.5 Å². The highest BCUT2D eigenvalue weighted by molar-refractivity contribution is 5.87. The summed E-state index contributed by atoms with van der Waals surface area (Å²) in [6.45, 7) is 2.92. The average molecular weight is 677 g/mol. The Morgan fingerprint density at radius 3 is 2.66 bits per heavy atom. The Bertz CT molecular complexity index is 1990. The standard InChI is InChI=1S/C40H44N4O6/c1-44(27-32-25-42-39(50-32)40(48,29-9-4-2-5-10-29)30-11-6-3-7-12-30)23-8-24-49-31-15-13-28(14-16-31)21-22-41-26-36(46)33-17-19-35(45)38-34(33)18-20-37(47)43-38/h2,4-6,9-20,25,36,41,45-46,48H,3,7-8,21-24,26-27H2,1H3,(H,43,47). The Morgan fingerprint density at radius 1 is 1.06 bits per heavy atom. The summed E-state index contributed by atoms with van der Waals surface area (Å²) in [6.07, 6.45) is 10.4. The number of aromatic hydroxyl groups is 1. The number of aromatic nitrogens is 2. The van der Waals surface area contributed by atoms with Crippen LogP contribution in [0.15, 0.2) is 118 Å². The number of aromatic amines is 1. The topological polar surface area (TPSA) is 144 Å². The monoisotopic (exact) mass is 676 g/mol. The van der Waals surface area contributed by atoms with Crippen LogP contribution in [0.25, 0.3) is 10.9 Å². The molecule has 5 aromatic rings. The number of nitrogens with zero attached hydrogens (tertiary/aromatic N) is 2. The van der Waals surface area contributed by atoms with Crippen molar-refractivity contribution < 1.29 is 24.5 Å². The molecule has 2 atom stereocenters. The molecule has 0 bridgehead atoms. The van der Waals surface area contributed by atoms with Gasteiger partial charge in [-0.15, -0.1) is 0 Å². The van der Waals surface area contributed by atoms with E-state index in [1.165, 1.54) is 12.1 Å². The third-order valence-electron chi connectivity index (χ3n) is 8.96. The lowest BCUT2D eigenvalue weighted by Crippen LogP contribution is -2.30. The molecular formula is C40H44N4O6. The average Bonchev–Trinajstić information content (AvgIpc) is 3.62. The van der Waals surface area contributed by atoms with Gasteiger partial charge in [-0.3, -0.25) is 9.69 Å². The molecule has 6 rings (SSSR count). The molecule has 2 aromatic heterocycles. The minimum absolute atomic E-state index is 0.0289. The van der Waals surface area contributed by atoms with E-state index in [2.05, 4.69) is 32.3 Å². The van der Waals surface area contributed by atoms with E-state index in [1.807, 2.05) is 67.7 Å². The maximum atomic E-state index is 11.9. The van der Waals surface area contributed by atoms with Crippen molar-refractivity contribution in [1.29, 1.82) is 0 Å². The second kappa shape index (κ2) is 16.1. The second-order valence-electron chi connectivity index (χ2n) is 12.7. The predicted octanol–water partition coefficient (Wildman–Crippen LogP) is 5.50. The van der Waals surface area contributed by atoms with Crippen molar-refractivity contribution in [1.82, 2.24) is 20.2 Å². The van der Waals surface area contributed by atoms with Gasteiger partial charge < -0.3 is 34.8 Å². The van der Waals surface area contributed by atoms with E-state index in [9.17, 15) is 20.1 Å². The number of hydrogen-bond donors (Lipinski definition) is 5. The first-order valence-corrected chi connectivity index (χ1v) is 17.1. The van der Waals surface area contributed by atoms with Gasteiger partial charge in [-0.25, -0.2) is 4.98 Å². The van der Waals surface area contributed by atoms with Crippen molar-refractivity contribution in [2.75, 3.05) is 33.3 Å². The number of aliphatic hydroxyl groups excluding tert-OH is 1. The Balaban J connectivity index is 0.921. The molecule has 2 heterocycles. The zero-order chi connectivity index (χ0) is 34.9. The summed E-state index contributed by atoms with van der Waals surface area (Å²) in [4.78, 5) is 21.0. The minimum atomic E-state index is -1.45. The van der Waals surface area contributed by atoms with Crippen molar-refractivity contribution in [3.05, 3.63) is 148 Å². The molecule has 0 saturated carbocycles. The lowest BCUT2D eigenvalue weighted by atomic mass is 9.83. The van der Waals surface area contributed by atoms with Crippen molar-refractivity contribution >= 4 is 10.9 Å². The summed E-state index contributed by atoms with van der Waals surface area (Å²) in [5, 5.41) is 36.7. The molecule has 10 nitrogen and oxygen atoms in total. The number of rotatable bonds is 16. The van der Waals surface area contributed by atoms with Gasteiger partial charge in [0.05, 0.1) is 31.0 Å². The fraction of sp³-hybridized carbons (Fsp3) is 0.300. The molecule has 2 unspecified atom stereocenters. The third kappa shape index (κ3) is 8.23. The number of oxazole rings is 1. The first kappa shape index (κ1) is 34.8. The number of benzene rings is 3. The van der Waals surface area contributed by atoms with Crippen LogP contribution in [0.2, 0.25) is 0 Å². The number of allylic oxidation sites excluding steroid dienone is 2. The Hall–Kier alpha value is -5.00. The molecule has 0 amide bonds. The third-order valence-corrected chi connectivity index (χ3v) is 8.96. The number of phenolic OH excluding ortho intramolecular Hbond substituents is 1. The molecule has 5 N–H and O–H groups in total. The molecule has 0 radical (unpaired) electrons. The van der Waals surface area contributed by atoms with E-state index < -0.39 is 11.7 Å². The number of hydrogen-bond acceptors (Lipinski definition) is 9. The van der Waals surface area contributed by atoms with Gasteiger partial charge in [-0.1, -0.05) is 66.8 Å². The summed E-state index contributed by atoms with van der Waals surface area (Å²) < 4.78 is 12.1. The van der Waals surface area contributed by atoms with Gasteiger partial charge in [0.1, 0.15) is 17.3 Å². The van der Waals surface area contributed by atoms with Gasteiger partial charge >= 0.3 is 0 Å². The predicted molar refractivity (Wildman–Crippen MR) is 193 cm³/mol. The smallest absolute Gasteiger partial charge is 0.248 e. The van der Waals surface area contributed by atoms with Crippen LogP contribution in [0, 0.1) is 0 Å². The highest BCUT2D eigenvalue weighted by atomic mass is 16.5. The molecule has 50 heavy (non-hydrogen) atoms. The fourth-order valence-electron chi connectivity index (χ4n) is 6.28.